The van der Waals surface area contributed by atoms with E-state index in [9.17, 15) is 9.18 Å². The van der Waals surface area contributed by atoms with Crippen LogP contribution in [0.3, 0.4) is 0 Å². The molecule has 3 fully saturated rings. The van der Waals surface area contributed by atoms with Gasteiger partial charge in [0.05, 0.1) is 18.8 Å². The van der Waals surface area contributed by atoms with Gasteiger partial charge in [0.2, 0.25) is 0 Å². The quantitative estimate of drug-likeness (QED) is 0.774. The Balaban J connectivity index is 1.67. The molecule has 1 aromatic carbocycles. The number of carbonyl (C=O) groups excluding carboxylic acids is 1. The fourth-order valence-electron chi connectivity index (χ4n) is 4.19. The molecule has 3 N–H and O–H groups in total. The van der Waals surface area contributed by atoms with Crippen molar-refractivity contribution in [3.8, 4) is 5.75 Å². The second kappa shape index (κ2) is 6.80. The highest BCUT2D eigenvalue weighted by molar-refractivity contribution is 5.76. The Labute approximate surface area is 146 Å². The Morgan fingerprint density at radius 2 is 2.12 bits per heavy atom. The van der Waals surface area contributed by atoms with Gasteiger partial charge in [-0.3, -0.25) is 0 Å². The van der Waals surface area contributed by atoms with Crippen molar-refractivity contribution < 1.29 is 18.7 Å². The average molecular weight is 349 g/mol. The number of nitrogens with one attached hydrogen (secondary N) is 3. The molecule has 3 saturated heterocycles. The summed E-state index contributed by atoms with van der Waals surface area (Å²) >= 11 is 0. The van der Waals surface area contributed by atoms with Gasteiger partial charge in [0.15, 0.2) is 0 Å². The monoisotopic (exact) mass is 349 g/mol. The van der Waals surface area contributed by atoms with Crippen molar-refractivity contribution in [2.45, 2.75) is 36.8 Å². The third-order valence-corrected chi connectivity index (χ3v) is 5.52. The van der Waals surface area contributed by atoms with Crippen LogP contribution in [-0.2, 0) is 4.74 Å². The number of urea groups is 1. The van der Waals surface area contributed by atoms with Gasteiger partial charge in [0, 0.05) is 30.5 Å². The number of hydrogen-bond donors (Lipinski definition) is 3. The van der Waals surface area contributed by atoms with E-state index < -0.39 is 0 Å². The predicted molar refractivity (Wildman–Crippen MR) is 90.4 cm³/mol. The van der Waals surface area contributed by atoms with Crippen molar-refractivity contribution in [2.24, 2.45) is 0 Å². The zero-order chi connectivity index (χ0) is 17.3. The lowest BCUT2D eigenvalue weighted by atomic mass is 9.72. The van der Waals surface area contributed by atoms with Gasteiger partial charge >= 0.3 is 6.03 Å². The molecule has 3 aliphatic heterocycles. The Morgan fingerprint density at radius 3 is 2.88 bits per heavy atom. The molecule has 0 aromatic heterocycles. The Morgan fingerprint density at radius 1 is 1.28 bits per heavy atom. The van der Waals surface area contributed by atoms with Gasteiger partial charge in [-0.15, -0.1) is 0 Å². The molecule has 0 radical (unpaired) electrons. The van der Waals surface area contributed by atoms with Gasteiger partial charge in [0.25, 0.3) is 0 Å². The number of halogens is 1. The summed E-state index contributed by atoms with van der Waals surface area (Å²) in [6, 6.07) is 4.60. The first kappa shape index (κ1) is 16.6. The van der Waals surface area contributed by atoms with Crippen molar-refractivity contribution in [3.05, 3.63) is 29.6 Å². The fourth-order valence-corrected chi connectivity index (χ4v) is 4.19. The van der Waals surface area contributed by atoms with Crippen LogP contribution in [0.1, 0.15) is 30.7 Å². The van der Waals surface area contributed by atoms with Crippen LogP contribution in [0, 0.1) is 5.82 Å². The van der Waals surface area contributed by atoms with Crippen molar-refractivity contribution in [3.63, 3.8) is 0 Å². The summed E-state index contributed by atoms with van der Waals surface area (Å²) in [5.74, 6) is 0.284. The zero-order valence-corrected chi connectivity index (χ0v) is 14.1. The molecule has 1 spiro atoms. The number of rotatable bonds is 3. The molecule has 25 heavy (non-hydrogen) atoms. The number of carbonyl (C=O) groups is 1. The lowest BCUT2D eigenvalue weighted by Gasteiger charge is -2.48. The number of amides is 2. The molecule has 6 nitrogen and oxygen atoms in total. The van der Waals surface area contributed by atoms with Gasteiger partial charge in [-0.25, -0.2) is 9.18 Å². The van der Waals surface area contributed by atoms with Crippen LogP contribution in [0.5, 0.6) is 5.75 Å². The summed E-state index contributed by atoms with van der Waals surface area (Å²) in [5, 5.41) is 9.39. The summed E-state index contributed by atoms with van der Waals surface area (Å²) < 4.78 is 25.3. The topological polar surface area (TPSA) is 71.6 Å². The van der Waals surface area contributed by atoms with E-state index in [1.165, 1.54) is 12.1 Å². The minimum atomic E-state index is -0.324. The van der Waals surface area contributed by atoms with E-state index in [-0.39, 0.29) is 29.4 Å². The predicted octanol–water partition coefficient (Wildman–Crippen LogP) is 1.51. The lowest BCUT2D eigenvalue weighted by Crippen LogP contribution is -2.65. The molecule has 4 rings (SSSR count). The smallest absolute Gasteiger partial charge is 0.315 e. The molecular weight excluding hydrogens is 325 g/mol. The van der Waals surface area contributed by atoms with Crippen LogP contribution >= 0.6 is 0 Å². The molecule has 0 saturated carbocycles. The van der Waals surface area contributed by atoms with Crippen molar-refractivity contribution in [2.75, 3.05) is 32.8 Å². The lowest BCUT2D eigenvalue weighted by molar-refractivity contribution is 0.135. The van der Waals surface area contributed by atoms with Crippen LogP contribution in [-0.4, -0.2) is 50.5 Å². The van der Waals surface area contributed by atoms with Gasteiger partial charge < -0.3 is 25.4 Å². The molecule has 1 aromatic rings. The van der Waals surface area contributed by atoms with Crippen molar-refractivity contribution in [1.29, 1.82) is 0 Å². The van der Waals surface area contributed by atoms with E-state index in [0.717, 1.165) is 37.9 Å². The molecule has 0 aliphatic carbocycles. The minimum absolute atomic E-state index is 0.0326. The van der Waals surface area contributed by atoms with Crippen LogP contribution in [0.15, 0.2) is 18.2 Å². The molecule has 2 unspecified atom stereocenters. The van der Waals surface area contributed by atoms with E-state index in [2.05, 4.69) is 16.0 Å². The second-order valence-corrected chi connectivity index (χ2v) is 7.08. The van der Waals surface area contributed by atoms with E-state index in [0.29, 0.717) is 25.5 Å². The van der Waals surface area contributed by atoms with Gasteiger partial charge in [-0.1, -0.05) is 6.07 Å². The summed E-state index contributed by atoms with van der Waals surface area (Å²) in [7, 11) is 0. The molecule has 136 valence electrons. The second-order valence-electron chi connectivity index (χ2n) is 7.08. The van der Waals surface area contributed by atoms with E-state index in [1.807, 2.05) is 0 Å². The van der Waals surface area contributed by atoms with Crippen molar-refractivity contribution in [1.82, 2.24) is 16.0 Å². The van der Waals surface area contributed by atoms with Crippen molar-refractivity contribution >= 4 is 6.03 Å². The fraction of sp³-hybridized carbons (Fsp3) is 0.611. The molecule has 7 heteroatoms. The molecular formula is C18H24FN3O3. The van der Waals surface area contributed by atoms with Crippen LogP contribution in [0.2, 0.25) is 0 Å². The number of hydrogen-bond acceptors (Lipinski definition) is 4. The maximum absolute atomic E-state index is 13.9. The van der Waals surface area contributed by atoms with Crippen LogP contribution in [0.25, 0.3) is 0 Å². The third kappa shape index (κ3) is 3.30. The maximum Gasteiger partial charge on any atom is 0.315 e. The largest absolute Gasteiger partial charge is 0.488 e. The summed E-state index contributed by atoms with van der Waals surface area (Å²) in [5.41, 5.74) is 0.623. The molecule has 3 aliphatic rings. The van der Waals surface area contributed by atoms with Gasteiger partial charge in [-0.05, 0) is 32.0 Å². The first-order chi connectivity index (χ1) is 12.2. The van der Waals surface area contributed by atoms with E-state index in [1.54, 1.807) is 6.07 Å². The summed E-state index contributed by atoms with van der Waals surface area (Å²) in [4.78, 5) is 12.0. The summed E-state index contributed by atoms with van der Waals surface area (Å²) in [6.07, 6.45) is 2.45. The Kier molecular flexibility index (Phi) is 4.52. The standard InChI is InChI=1S/C18H24FN3O3/c19-12-1-2-14(16(9-12)25-13-3-8-24-11-13)15-10-21-17(23)22-18(15)4-6-20-7-5-18/h1-2,9,13,15,20H,3-8,10-11H2,(H2,21,22,23). The highest BCUT2D eigenvalue weighted by atomic mass is 19.1. The Bertz CT molecular complexity index is 642. The SMILES string of the molecule is O=C1NCC(c2ccc(F)cc2OC2CCOC2)C2(CCNCC2)N1. The number of piperidine rings is 1. The molecule has 2 amide bonds. The van der Waals surface area contributed by atoms with Gasteiger partial charge in [-0.2, -0.15) is 0 Å². The summed E-state index contributed by atoms with van der Waals surface area (Å²) in [6.45, 7) is 3.43. The van der Waals surface area contributed by atoms with E-state index >= 15 is 0 Å². The number of benzene rings is 1. The highest BCUT2D eigenvalue weighted by Gasteiger charge is 2.45. The normalized spacial score (nSPS) is 28.4. The average Bonchev–Trinajstić information content (AvgIpc) is 3.10. The van der Waals surface area contributed by atoms with Crippen LogP contribution < -0.4 is 20.7 Å². The number of ether oxygens (including phenoxy) is 2. The third-order valence-electron chi connectivity index (χ3n) is 5.52. The van der Waals surface area contributed by atoms with Gasteiger partial charge in [0.1, 0.15) is 17.7 Å². The molecule has 0 bridgehead atoms. The first-order valence-electron chi connectivity index (χ1n) is 8.97. The zero-order valence-electron chi connectivity index (χ0n) is 14.1. The van der Waals surface area contributed by atoms with E-state index in [4.69, 9.17) is 9.47 Å². The maximum atomic E-state index is 13.9. The highest BCUT2D eigenvalue weighted by Crippen LogP contribution is 2.41. The Hall–Kier alpha value is -1.86. The van der Waals surface area contributed by atoms with Crippen LogP contribution in [0.4, 0.5) is 9.18 Å². The first-order valence-corrected chi connectivity index (χ1v) is 8.97. The molecule has 2 atom stereocenters. The minimum Gasteiger partial charge on any atom is -0.488 e. The molecule has 3 heterocycles.